The molecule has 1 amide bonds. The Hall–Kier alpha value is -3.68. The van der Waals surface area contributed by atoms with E-state index in [-0.39, 0.29) is 28.3 Å². The number of primary amides is 1. The van der Waals surface area contributed by atoms with Crippen LogP contribution in [0, 0.1) is 11.3 Å². The number of amides is 1. The molecule has 1 unspecified atom stereocenters. The average molecular weight is 468 g/mol. The molecule has 10 nitrogen and oxygen atoms in total. The summed E-state index contributed by atoms with van der Waals surface area (Å²) in [6.07, 6.45) is 5.04. The van der Waals surface area contributed by atoms with Gasteiger partial charge in [-0.05, 0) is 25.3 Å². The summed E-state index contributed by atoms with van der Waals surface area (Å²) in [5, 5.41) is 24.8. The van der Waals surface area contributed by atoms with Gasteiger partial charge < -0.3 is 20.5 Å². The van der Waals surface area contributed by atoms with Gasteiger partial charge in [0, 0.05) is 30.0 Å². The highest BCUT2D eigenvalue weighted by Gasteiger charge is 2.21. The van der Waals surface area contributed by atoms with Crippen LogP contribution in [0.2, 0.25) is 5.15 Å². The van der Waals surface area contributed by atoms with Crippen molar-refractivity contribution >= 4 is 28.9 Å². The Morgan fingerprint density at radius 1 is 1.36 bits per heavy atom. The van der Waals surface area contributed by atoms with Crippen molar-refractivity contribution in [2.45, 2.75) is 31.9 Å². The first kappa shape index (κ1) is 22.5. The molecule has 1 aromatic carbocycles. The zero-order chi connectivity index (χ0) is 23.4. The number of nitrogens with two attached hydrogens (primary N) is 1. The van der Waals surface area contributed by atoms with Gasteiger partial charge in [-0.2, -0.15) is 10.4 Å². The van der Waals surface area contributed by atoms with E-state index in [2.05, 4.69) is 26.7 Å². The molecule has 0 spiro atoms. The second kappa shape index (κ2) is 9.85. The molecule has 0 bridgehead atoms. The largest absolute Gasteiger partial charge is 0.494 e. The van der Waals surface area contributed by atoms with Crippen molar-refractivity contribution in [1.29, 1.82) is 5.26 Å². The summed E-state index contributed by atoms with van der Waals surface area (Å²) in [4.78, 5) is 11.8. The predicted octanol–water partition coefficient (Wildman–Crippen LogP) is 3.29. The summed E-state index contributed by atoms with van der Waals surface area (Å²) in [6, 6.07) is 8.99. The maximum Gasteiger partial charge on any atom is 0.271 e. The number of anilines is 2. The Morgan fingerprint density at radius 3 is 2.91 bits per heavy atom. The second-order valence-electron chi connectivity index (χ2n) is 7.52. The lowest BCUT2D eigenvalue weighted by Crippen LogP contribution is -2.24. The lowest BCUT2D eigenvalue weighted by atomic mass is 10.0. The molecule has 170 valence electrons. The van der Waals surface area contributed by atoms with Crippen molar-refractivity contribution < 1.29 is 14.3 Å². The van der Waals surface area contributed by atoms with Crippen LogP contribution in [0.15, 0.2) is 30.5 Å². The van der Waals surface area contributed by atoms with Crippen molar-refractivity contribution in [3.63, 3.8) is 0 Å². The van der Waals surface area contributed by atoms with Gasteiger partial charge in [0.25, 0.3) is 5.91 Å². The first-order chi connectivity index (χ1) is 16.0. The molecule has 1 aliphatic heterocycles. The second-order valence-corrected chi connectivity index (χ2v) is 7.91. The molecule has 1 saturated heterocycles. The van der Waals surface area contributed by atoms with Gasteiger partial charge in [0.05, 0.1) is 31.1 Å². The molecule has 3 N–H and O–H groups in total. The summed E-state index contributed by atoms with van der Waals surface area (Å²) in [7, 11) is 1.52. The number of nitriles is 1. The number of aromatic nitrogens is 4. The molecule has 2 aromatic heterocycles. The zero-order valence-corrected chi connectivity index (χ0v) is 18.7. The quantitative estimate of drug-likeness (QED) is 0.539. The van der Waals surface area contributed by atoms with Crippen LogP contribution in [0.1, 0.15) is 35.4 Å². The van der Waals surface area contributed by atoms with Crippen molar-refractivity contribution in [2.75, 3.05) is 19.0 Å². The van der Waals surface area contributed by atoms with Crippen LogP contribution < -0.4 is 15.8 Å². The third kappa shape index (κ3) is 4.89. The van der Waals surface area contributed by atoms with E-state index < -0.39 is 5.91 Å². The van der Waals surface area contributed by atoms with Gasteiger partial charge in [-0.1, -0.05) is 23.7 Å². The number of benzene rings is 1. The van der Waals surface area contributed by atoms with Gasteiger partial charge >= 0.3 is 0 Å². The van der Waals surface area contributed by atoms with Crippen molar-refractivity contribution in [1.82, 2.24) is 20.0 Å². The number of carbonyl (C=O) groups is 1. The number of nitrogens with one attached hydrogen (secondary N) is 1. The molecule has 1 aliphatic rings. The fraction of sp³-hybridized carbons (Fsp3) is 0.318. The lowest BCUT2D eigenvalue weighted by Gasteiger charge is -2.22. The summed E-state index contributed by atoms with van der Waals surface area (Å²) in [6.45, 7) is 1.31. The Balaban J connectivity index is 1.71. The summed E-state index contributed by atoms with van der Waals surface area (Å²) in [5.41, 5.74) is 7.70. The van der Waals surface area contributed by atoms with Crippen LogP contribution >= 0.6 is 11.6 Å². The number of rotatable bonds is 7. The Kier molecular flexibility index (Phi) is 6.72. The number of carbonyl (C=O) groups excluding carboxylic acids is 1. The van der Waals surface area contributed by atoms with E-state index in [4.69, 9.17) is 26.8 Å². The first-order valence-electron chi connectivity index (χ1n) is 10.4. The molecule has 11 heteroatoms. The fourth-order valence-electron chi connectivity index (χ4n) is 3.81. The highest BCUT2D eigenvalue weighted by molar-refractivity contribution is 6.29. The number of hydrogen-bond donors (Lipinski definition) is 2. The number of hydrogen-bond acceptors (Lipinski definition) is 8. The summed E-state index contributed by atoms with van der Waals surface area (Å²) < 4.78 is 13.2. The van der Waals surface area contributed by atoms with Gasteiger partial charge in [0.15, 0.2) is 16.5 Å². The van der Waals surface area contributed by atoms with Gasteiger partial charge in [-0.3, -0.25) is 9.48 Å². The maximum atomic E-state index is 11.8. The molecule has 33 heavy (non-hydrogen) atoms. The van der Waals surface area contributed by atoms with Crippen molar-refractivity contribution in [3.05, 3.63) is 47.0 Å². The summed E-state index contributed by atoms with van der Waals surface area (Å²) >= 11 is 5.96. The lowest BCUT2D eigenvalue weighted by molar-refractivity contribution is 0.00398. The third-order valence-corrected chi connectivity index (χ3v) is 5.49. The molecular weight excluding hydrogens is 446 g/mol. The molecule has 3 aromatic rings. The smallest absolute Gasteiger partial charge is 0.271 e. The first-order valence-corrected chi connectivity index (χ1v) is 10.7. The minimum atomic E-state index is -0.755. The molecule has 0 saturated carbocycles. The van der Waals surface area contributed by atoms with Gasteiger partial charge in [0.1, 0.15) is 11.8 Å². The van der Waals surface area contributed by atoms with E-state index in [9.17, 15) is 10.1 Å². The number of methoxy groups -OCH3 is 1. The number of para-hydroxylation sites is 1. The summed E-state index contributed by atoms with van der Waals surface area (Å²) in [5.74, 6) is -0.305. The Bertz CT molecular complexity index is 1220. The predicted molar refractivity (Wildman–Crippen MR) is 121 cm³/mol. The van der Waals surface area contributed by atoms with Crippen LogP contribution in [0.3, 0.4) is 0 Å². The zero-order valence-electron chi connectivity index (χ0n) is 17.9. The average Bonchev–Trinajstić information content (AvgIpc) is 3.22. The molecule has 0 aliphatic carbocycles. The van der Waals surface area contributed by atoms with E-state index in [1.165, 1.54) is 13.2 Å². The molecule has 0 radical (unpaired) electrons. The van der Waals surface area contributed by atoms with Crippen LogP contribution in [0.25, 0.3) is 11.1 Å². The molecule has 3 heterocycles. The number of nitrogens with zero attached hydrogens (tertiary/aromatic N) is 5. The van der Waals surface area contributed by atoms with Crippen LogP contribution in [0.5, 0.6) is 5.75 Å². The van der Waals surface area contributed by atoms with Gasteiger partial charge in [-0.25, -0.2) is 0 Å². The minimum absolute atomic E-state index is 0.0649. The highest BCUT2D eigenvalue weighted by Crippen LogP contribution is 2.39. The van der Waals surface area contributed by atoms with E-state index in [0.29, 0.717) is 29.1 Å². The normalized spacial score (nSPS) is 15.6. The van der Waals surface area contributed by atoms with E-state index in [1.807, 2.05) is 12.3 Å². The van der Waals surface area contributed by atoms with Gasteiger partial charge in [0.2, 0.25) is 0 Å². The molecular formula is C22H22ClN7O3. The van der Waals surface area contributed by atoms with E-state index in [0.717, 1.165) is 25.9 Å². The van der Waals surface area contributed by atoms with E-state index in [1.54, 1.807) is 16.8 Å². The standard InChI is InChI=1S/C22H22ClN7O3/c1-32-21-14(15-12-30(29-18(15)10-24)11-13-5-2-3-8-33-13)6-4-7-16(21)26-17-9-19(23)27-28-20(17)22(25)31/h4,6-7,9,12-13H,2-3,5,8,11H2,1H3,(H2,25,31)(H,26,27). The van der Waals surface area contributed by atoms with Crippen LogP contribution in [-0.4, -0.2) is 45.7 Å². The third-order valence-electron chi connectivity index (χ3n) is 5.31. The topological polar surface area (TPSA) is 141 Å². The van der Waals surface area contributed by atoms with Crippen LogP contribution in [0.4, 0.5) is 11.4 Å². The SMILES string of the molecule is COc1c(Nc2cc(Cl)nnc2C(N)=O)cccc1-c1cn(CC2CCCCO2)nc1C#N. The number of ether oxygens (including phenoxy) is 2. The Labute approximate surface area is 195 Å². The number of halogens is 1. The fourth-order valence-corrected chi connectivity index (χ4v) is 3.96. The van der Waals surface area contributed by atoms with E-state index >= 15 is 0 Å². The minimum Gasteiger partial charge on any atom is -0.494 e. The van der Waals surface area contributed by atoms with Crippen LogP contribution in [-0.2, 0) is 11.3 Å². The maximum absolute atomic E-state index is 11.8. The molecule has 1 atom stereocenters. The van der Waals surface area contributed by atoms with Crippen molar-refractivity contribution in [3.8, 4) is 22.9 Å². The Morgan fingerprint density at radius 2 is 2.21 bits per heavy atom. The highest BCUT2D eigenvalue weighted by atomic mass is 35.5. The molecule has 4 rings (SSSR count). The van der Waals surface area contributed by atoms with Gasteiger partial charge in [-0.15, -0.1) is 10.2 Å². The monoisotopic (exact) mass is 467 g/mol. The molecule has 1 fully saturated rings. The van der Waals surface area contributed by atoms with Crippen molar-refractivity contribution in [2.24, 2.45) is 5.73 Å².